The molecule has 0 bridgehead atoms. The van der Waals surface area contributed by atoms with Crippen LogP contribution in [0.5, 0.6) is 0 Å². The number of hydrogen-bond acceptors (Lipinski definition) is 3. The first-order chi connectivity index (χ1) is 8.81. The maximum atomic E-state index is 4.38. The van der Waals surface area contributed by atoms with Crippen molar-refractivity contribution in [2.45, 2.75) is 25.1 Å². The molecule has 1 atom stereocenters. The van der Waals surface area contributed by atoms with E-state index in [1.54, 1.807) is 0 Å². The van der Waals surface area contributed by atoms with E-state index in [9.17, 15) is 0 Å². The van der Waals surface area contributed by atoms with Crippen LogP contribution in [0, 0.1) is 0 Å². The van der Waals surface area contributed by atoms with E-state index in [-0.39, 0.29) is 0 Å². The first-order valence-corrected chi connectivity index (χ1v) is 7.66. The van der Waals surface area contributed by atoms with Crippen LogP contribution in [0.15, 0.2) is 36.5 Å². The van der Waals surface area contributed by atoms with Gasteiger partial charge in [0.1, 0.15) is 0 Å². The molecular weight excluding hydrogens is 240 g/mol. The molecule has 2 nitrogen and oxygen atoms in total. The summed E-state index contributed by atoms with van der Waals surface area (Å²) in [5.41, 5.74) is 2.41. The first kappa shape index (κ1) is 13.4. The zero-order valence-corrected chi connectivity index (χ0v) is 11.8. The molecule has 0 spiro atoms. The van der Waals surface area contributed by atoms with E-state index < -0.39 is 0 Å². The Labute approximate surface area is 113 Å². The highest BCUT2D eigenvalue weighted by Gasteiger charge is 2.02. The molecule has 18 heavy (non-hydrogen) atoms. The monoisotopic (exact) mass is 260 g/mol. The van der Waals surface area contributed by atoms with Crippen LogP contribution in [0.1, 0.15) is 18.9 Å². The van der Waals surface area contributed by atoms with Crippen LogP contribution in [0.3, 0.4) is 0 Å². The van der Waals surface area contributed by atoms with Gasteiger partial charge in [-0.2, -0.15) is 11.8 Å². The Morgan fingerprint density at radius 2 is 2.11 bits per heavy atom. The van der Waals surface area contributed by atoms with Crippen LogP contribution in [-0.4, -0.2) is 23.0 Å². The second kappa shape index (κ2) is 6.76. The second-order valence-corrected chi connectivity index (χ2v) is 5.78. The number of nitrogens with zero attached hydrogens (tertiary/aromatic N) is 1. The van der Waals surface area contributed by atoms with Gasteiger partial charge in [-0.1, -0.05) is 25.1 Å². The van der Waals surface area contributed by atoms with Crippen molar-refractivity contribution in [3.05, 3.63) is 42.1 Å². The molecule has 0 saturated heterocycles. The molecule has 2 rings (SSSR count). The molecule has 0 amide bonds. The van der Waals surface area contributed by atoms with E-state index in [4.69, 9.17) is 0 Å². The van der Waals surface area contributed by atoms with Gasteiger partial charge in [-0.3, -0.25) is 4.98 Å². The van der Waals surface area contributed by atoms with Gasteiger partial charge < -0.3 is 5.32 Å². The quantitative estimate of drug-likeness (QED) is 0.805. The molecule has 1 N–H and O–H groups in total. The minimum Gasteiger partial charge on any atom is -0.313 e. The van der Waals surface area contributed by atoms with Crippen molar-refractivity contribution >= 4 is 22.7 Å². The molecule has 1 heterocycles. The average molecular weight is 260 g/mol. The van der Waals surface area contributed by atoms with Crippen molar-refractivity contribution in [2.24, 2.45) is 0 Å². The van der Waals surface area contributed by atoms with Crippen LogP contribution >= 0.6 is 11.8 Å². The maximum Gasteiger partial charge on any atom is 0.0705 e. The largest absolute Gasteiger partial charge is 0.313 e. The van der Waals surface area contributed by atoms with Gasteiger partial charge in [-0.15, -0.1) is 0 Å². The summed E-state index contributed by atoms with van der Waals surface area (Å²) in [7, 11) is 0. The molecule has 2 aromatic rings. The summed E-state index contributed by atoms with van der Waals surface area (Å²) in [5.74, 6) is 0. The second-order valence-electron chi connectivity index (χ2n) is 4.50. The zero-order chi connectivity index (χ0) is 12.8. The molecule has 1 aromatic heterocycles. The summed E-state index contributed by atoms with van der Waals surface area (Å²) in [6.07, 6.45) is 5.27. The Morgan fingerprint density at radius 3 is 2.94 bits per heavy atom. The van der Waals surface area contributed by atoms with Crippen LogP contribution in [-0.2, 0) is 6.54 Å². The molecule has 0 radical (unpaired) electrons. The fraction of sp³-hybridized carbons (Fsp3) is 0.400. The predicted octanol–water partition coefficient (Wildman–Crippen LogP) is 3.47. The van der Waals surface area contributed by atoms with E-state index in [0.717, 1.165) is 23.9 Å². The summed E-state index contributed by atoms with van der Waals surface area (Å²) in [6, 6.07) is 10.4. The molecule has 0 fully saturated rings. The lowest BCUT2D eigenvalue weighted by Gasteiger charge is -2.10. The number of rotatable bonds is 6. The lowest BCUT2D eigenvalue weighted by molar-refractivity contribution is 0.650. The van der Waals surface area contributed by atoms with E-state index >= 15 is 0 Å². The number of hydrogen-bond donors (Lipinski definition) is 1. The lowest BCUT2D eigenvalue weighted by atomic mass is 10.1. The minimum atomic E-state index is 0.728. The zero-order valence-electron chi connectivity index (χ0n) is 11.0. The molecular formula is C15H20N2S. The highest BCUT2D eigenvalue weighted by molar-refractivity contribution is 7.99. The van der Waals surface area contributed by atoms with E-state index in [2.05, 4.69) is 47.7 Å². The molecule has 1 aromatic carbocycles. The lowest BCUT2D eigenvalue weighted by Crippen LogP contribution is -2.17. The molecule has 0 saturated carbocycles. The molecule has 0 aliphatic heterocycles. The van der Waals surface area contributed by atoms with Gasteiger partial charge in [0.2, 0.25) is 0 Å². The van der Waals surface area contributed by atoms with Crippen molar-refractivity contribution < 1.29 is 0 Å². The third-order valence-corrected chi connectivity index (χ3v) is 4.23. The van der Waals surface area contributed by atoms with Gasteiger partial charge in [0.15, 0.2) is 0 Å². The Hall–Kier alpha value is -1.06. The van der Waals surface area contributed by atoms with Gasteiger partial charge >= 0.3 is 0 Å². The number of nitrogens with one attached hydrogen (secondary N) is 1. The van der Waals surface area contributed by atoms with Crippen molar-refractivity contribution in [3.63, 3.8) is 0 Å². The number of fused-ring (bicyclic) bond motifs is 1. The van der Waals surface area contributed by atoms with Gasteiger partial charge in [-0.05, 0) is 36.9 Å². The Kier molecular flexibility index (Phi) is 5.02. The third kappa shape index (κ3) is 3.47. The van der Waals surface area contributed by atoms with Gasteiger partial charge in [0.25, 0.3) is 0 Å². The van der Waals surface area contributed by atoms with Gasteiger partial charge in [-0.25, -0.2) is 0 Å². The number of thioether (sulfide) groups is 1. The van der Waals surface area contributed by atoms with Crippen molar-refractivity contribution in [3.8, 4) is 0 Å². The fourth-order valence-corrected chi connectivity index (χ4v) is 2.31. The van der Waals surface area contributed by atoms with Crippen molar-refractivity contribution in [1.82, 2.24) is 10.3 Å². The van der Waals surface area contributed by atoms with Crippen LogP contribution in [0.25, 0.3) is 10.9 Å². The molecule has 3 heteroatoms. The molecule has 1 unspecified atom stereocenters. The number of pyridine rings is 1. The summed E-state index contributed by atoms with van der Waals surface area (Å²) < 4.78 is 0. The summed E-state index contributed by atoms with van der Waals surface area (Å²) in [4.78, 5) is 4.38. The number of benzene rings is 1. The Bertz CT molecular complexity index is 493. The number of para-hydroxylation sites is 1. The summed E-state index contributed by atoms with van der Waals surface area (Å²) in [5, 5.41) is 5.50. The van der Waals surface area contributed by atoms with Crippen LogP contribution in [0.4, 0.5) is 0 Å². The summed E-state index contributed by atoms with van der Waals surface area (Å²) >= 11 is 1.92. The third-order valence-electron chi connectivity index (χ3n) is 3.18. The first-order valence-electron chi connectivity index (χ1n) is 6.37. The molecule has 0 aliphatic carbocycles. The smallest absolute Gasteiger partial charge is 0.0705 e. The maximum absolute atomic E-state index is 4.38. The molecule has 0 aliphatic rings. The van der Waals surface area contributed by atoms with Crippen LogP contribution < -0.4 is 5.32 Å². The fourth-order valence-electron chi connectivity index (χ4n) is 1.96. The van der Waals surface area contributed by atoms with Gasteiger partial charge in [0.05, 0.1) is 5.52 Å². The average Bonchev–Trinajstić information content (AvgIpc) is 2.43. The Morgan fingerprint density at radius 1 is 1.28 bits per heavy atom. The van der Waals surface area contributed by atoms with Gasteiger partial charge in [0, 0.05) is 23.4 Å². The number of aromatic nitrogens is 1. The Balaban J connectivity index is 1.95. The van der Waals surface area contributed by atoms with Crippen LogP contribution in [0.2, 0.25) is 0 Å². The van der Waals surface area contributed by atoms with Crippen molar-refractivity contribution in [2.75, 3.05) is 12.8 Å². The summed E-state index contributed by atoms with van der Waals surface area (Å²) in [6.45, 7) is 4.26. The SMILES string of the molecule is CSC(C)CCNCc1ccnc2ccccc12. The topological polar surface area (TPSA) is 24.9 Å². The van der Waals surface area contributed by atoms with E-state index in [1.807, 2.05) is 24.0 Å². The highest BCUT2D eigenvalue weighted by Crippen LogP contribution is 2.16. The van der Waals surface area contributed by atoms with Crippen molar-refractivity contribution in [1.29, 1.82) is 0 Å². The predicted molar refractivity (Wildman–Crippen MR) is 81.0 cm³/mol. The highest BCUT2D eigenvalue weighted by atomic mass is 32.2. The minimum absolute atomic E-state index is 0.728. The molecule has 96 valence electrons. The standard InChI is InChI=1S/C15H20N2S/c1-12(18-2)7-9-16-11-13-8-10-17-15-6-4-3-5-14(13)15/h3-6,8,10,12,16H,7,9,11H2,1-2H3. The van der Waals surface area contributed by atoms with E-state index in [0.29, 0.717) is 0 Å². The normalized spacial score (nSPS) is 12.8. The van der Waals surface area contributed by atoms with E-state index in [1.165, 1.54) is 17.4 Å².